The van der Waals surface area contributed by atoms with E-state index in [1.54, 1.807) is 36.4 Å². The van der Waals surface area contributed by atoms with Crippen molar-refractivity contribution in [2.24, 2.45) is 11.8 Å². The summed E-state index contributed by atoms with van der Waals surface area (Å²) in [6.07, 6.45) is 2.38. The Balaban J connectivity index is 1.75. The van der Waals surface area contributed by atoms with Gasteiger partial charge in [0.1, 0.15) is 5.92 Å². The normalized spacial score (nSPS) is 28.6. The van der Waals surface area contributed by atoms with Gasteiger partial charge in [0.25, 0.3) is 0 Å². The first-order valence-electron chi connectivity index (χ1n) is 6.96. The van der Waals surface area contributed by atoms with Crippen LogP contribution >= 0.6 is 0 Å². The Bertz CT molecular complexity index is 664. The number of carbonyl (C=O) groups is 3. The van der Waals surface area contributed by atoms with Gasteiger partial charge in [0, 0.05) is 11.3 Å². The van der Waals surface area contributed by atoms with Crippen LogP contribution in [0.5, 0.6) is 0 Å². The number of benzene rings is 1. The molecule has 6 nitrogen and oxygen atoms in total. The van der Waals surface area contributed by atoms with Gasteiger partial charge in [-0.15, -0.1) is 0 Å². The molecule has 6 heteroatoms. The van der Waals surface area contributed by atoms with Crippen molar-refractivity contribution in [3.8, 4) is 0 Å². The van der Waals surface area contributed by atoms with E-state index in [1.165, 1.54) is 6.92 Å². The number of rotatable bonds is 4. The molecule has 0 spiro atoms. The number of fused-ring (bicyclic) bond motifs is 2. The third kappa shape index (κ3) is 2.42. The summed E-state index contributed by atoms with van der Waals surface area (Å²) >= 11 is 0. The summed E-state index contributed by atoms with van der Waals surface area (Å²) in [5.41, 5.74) is 1.07. The number of carbonyl (C=O) groups excluding carboxylic acids is 2. The van der Waals surface area contributed by atoms with Gasteiger partial charge in [-0.05, 0) is 31.2 Å². The van der Waals surface area contributed by atoms with Crippen LogP contribution in [-0.4, -0.2) is 35.0 Å². The maximum absolute atomic E-state index is 12.4. The Labute approximate surface area is 126 Å². The minimum atomic E-state index is -1.04. The van der Waals surface area contributed by atoms with Crippen molar-refractivity contribution in [2.45, 2.75) is 19.1 Å². The number of carboxylic acids is 1. The predicted molar refractivity (Wildman–Crippen MR) is 77.5 cm³/mol. The van der Waals surface area contributed by atoms with Gasteiger partial charge >= 0.3 is 5.97 Å². The van der Waals surface area contributed by atoms with Crippen molar-refractivity contribution in [1.29, 1.82) is 0 Å². The molecule has 2 heterocycles. The second-order valence-corrected chi connectivity index (χ2v) is 5.46. The summed E-state index contributed by atoms with van der Waals surface area (Å²) < 4.78 is 5.47. The van der Waals surface area contributed by atoms with Crippen LogP contribution in [-0.2, 0) is 14.3 Å². The summed E-state index contributed by atoms with van der Waals surface area (Å²) in [5.74, 6) is -3.11. The van der Waals surface area contributed by atoms with Gasteiger partial charge in [-0.3, -0.25) is 14.4 Å². The Hall–Kier alpha value is -2.47. The number of ketones is 1. The molecule has 1 saturated heterocycles. The fourth-order valence-corrected chi connectivity index (χ4v) is 2.93. The lowest BCUT2D eigenvalue weighted by atomic mass is 9.82. The van der Waals surface area contributed by atoms with E-state index in [-0.39, 0.29) is 11.7 Å². The van der Waals surface area contributed by atoms with Crippen LogP contribution in [0.2, 0.25) is 0 Å². The number of ether oxygens (including phenoxy) is 1. The smallest absolute Gasteiger partial charge is 0.310 e. The molecule has 3 rings (SSSR count). The minimum Gasteiger partial charge on any atom is -0.481 e. The van der Waals surface area contributed by atoms with Crippen LogP contribution in [0.1, 0.15) is 17.3 Å². The SMILES string of the molecule is CC(=O)c1ccc(NC(=O)[C@@H]2[C@@H](C(=O)O)[C@@H]3C=C[C@@H]2O3)cc1. The zero-order valence-corrected chi connectivity index (χ0v) is 11.9. The number of hydrogen-bond acceptors (Lipinski definition) is 4. The van der Waals surface area contributed by atoms with E-state index in [0.29, 0.717) is 11.3 Å². The number of nitrogens with one attached hydrogen (secondary N) is 1. The summed E-state index contributed by atoms with van der Waals surface area (Å²) in [5, 5.41) is 12.0. The van der Waals surface area contributed by atoms with Crippen molar-refractivity contribution >= 4 is 23.3 Å². The molecule has 1 fully saturated rings. The van der Waals surface area contributed by atoms with Gasteiger partial charge < -0.3 is 15.2 Å². The number of hydrogen-bond donors (Lipinski definition) is 2. The van der Waals surface area contributed by atoms with Crippen molar-refractivity contribution in [1.82, 2.24) is 0 Å². The van der Waals surface area contributed by atoms with E-state index in [2.05, 4.69) is 5.32 Å². The second kappa shape index (κ2) is 5.38. The molecule has 2 bridgehead atoms. The molecule has 0 aromatic heterocycles. The highest BCUT2D eigenvalue weighted by atomic mass is 16.5. The molecule has 4 atom stereocenters. The van der Waals surface area contributed by atoms with Gasteiger partial charge in [-0.2, -0.15) is 0 Å². The third-order valence-electron chi connectivity index (χ3n) is 4.05. The largest absolute Gasteiger partial charge is 0.481 e. The highest BCUT2D eigenvalue weighted by Gasteiger charge is 2.53. The standard InChI is InChI=1S/C16H15NO5/c1-8(18)9-2-4-10(5-3-9)17-15(19)13-11-6-7-12(22-11)14(13)16(20)21/h2-7,11-14H,1H3,(H,17,19)(H,20,21)/t11-,12-,13-,14-/m0/s1. The molecule has 0 saturated carbocycles. The van der Waals surface area contributed by atoms with Crippen LogP contribution in [0.4, 0.5) is 5.69 Å². The number of anilines is 1. The lowest BCUT2D eigenvalue weighted by Crippen LogP contribution is -2.39. The molecular formula is C16H15NO5. The van der Waals surface area contributed by atoms with Gasteiger partial charge in [0.05, 0.1) is 18.1 Å². The van der Waals surface area contributed by atoms with Crippen molar-refractivity contribution in [2.75, 3.05) is 5.32 Å². The van der Waals surface area contributed by atoms with E-state index in [9.17, 15) is 19.5 Å². The van der Waals surface area contributed by atoms with Crippen LogP contribution in [0.3, 0.4) is 0 Å². The van der Waals surface area contributed by atoms with E-state index in [4.69, 9.17) is 4.74 Å². The Morgan fingerprint density at radius 1 is 1.05 bits per heavy atom. The molecule has 2 aliphatic heterocycles. The van der Waals surface area contributed by atoms with Crippen LogP contribution in [0.15, 0.2) is 36.4 Å². The highest BCUT2D eigenvalue weighted by molar-refractivity contribution is 5.98. The zero-order valence-electron chi connectivity index (χ0n) is 11.9. The van der Waals surface area contributed by atoms with Crippen LogP contribution in [0.25, 0.3) is 0 Å². The maximum Gasteiger partial charge on any atom is 0.310 e. The van der Waals surface area contributed by atoms with E-state index in [0.717, 1.165) is 0 Å². The fraction of sp³-hybridized carbons (Fsp3) is 0.312. The van der Waals surface area contributed by atoms with Gasteiger partial charge in [-0.25, -0.2) is 0 Å². The van der Waals surface area contributed by atoms with E-state index in [1.807, 2.05) is 0 Å². The van der Waals surface area contributed by atoms with E-state index >= 15 is 0 Å². The summed E-state index contributed by atoms with van der Waals surface area (Å²) in [6.45, 7) is 1.46. The quantitative estimate of drug-likeness (QED) is 0.649. The first kappa shape index (κ1) is 14.5. The summed E-state index contributed by atoms with van der Waals surface area (Å²) in [7, 11) is 0. The molecule has 2 N–H and O–H groups in total. The minimum absolute atomic E-state index is 0.0598. The number of carboxylic acid groups (broad SMARTS) is 1. The van der Waals surface area contributed by atoms with Gasteiger partial charge in [-0.1, -0.05) is 12.2 Å². The Morgan fingerprint density at radius 3 is 2.18 bits per heavy atom. The number of amides is 1. The lowest BCUT2D eigenvalue weighted by molar-refractivity contribution is -0.145. The van der Waals surface area contributed by atoms with Crippen molar-refractivity contribution in [3.05, 3.63) is 42.0 Å². The topological polar surface area (TPSA) is 92.7 Å². The molecule has 22 heavy (non-hydrogen) atoms. The third-order valence-corrected chi connectivity index (χ3v) is 4.05. The molecule has 2 aliphatic rings. The first-order chi connectivity index (χ1) is 10.5. The molecule has 0 radical (unpaired) electrons. The average Bonchev–Trinajstić information content (AvgIpc) is 3.08. The molecular weight excluding hydrogens is 286 g/mol. The molecule has 114 valence electrons. The Kier molecular flexibility index (Phi) is 3.54. The average molecular weight is 301 g/mol. The fourth-order valence-electron chi connectivity index (χ4n) is 2.93. The summed E-state index contributed by atoms with van der Waals surface area (Å²) in [4.78, 5) is 34.9. The lowest BCUT2D eigenvalue weighted by Gasteiger charge is -2.21. The Morgan fingerprint density at radius 2 is 1.64 bits per heavy atom. The van der Waals surface area contributed by atoms with Crippen LogP contribution < -0.4 is 5.32 Å². The van der Waals surface area contributed by atoms with Crippen LogP contribution in [0, 0.1) is 11.8 Å². The molecule has 1 amide bonds. The second-order valence-electron chi connectivity index (χ2n) is 5.46. The molecule has 0 unspecified atom stereocenters. The first-order valence-corrected chi connectivity index (χ1v) is 6.96. The molecule has 1 aromatic carbocycles. The summed E-state index contributed by atoms with van der Waals surface area (Å²) in [6, 6.07) is 6.47. The van der Waals surface area contributed by atoms with E-state index < -0.39 is 30.0 Å². The zero-order chi connectivity index (χ0) is 15.9. The predicted octanol–water partition coefficient (Wildman–Crippen LogP) is 1.48. The van der Waals surface area contributed by atoms with Crippen molar-refractivity contribution < 1.29 is 24.2 Å². The van der Waals surface area contributed by atoms with Gasteiger partial charge in [0.2, 0.25) is 5.91 Å². The molecule has 1 aromatic rings. The number of aliphatic carboxylic acids is 1. The maximum atomic E-state index is 12.4. The van der Waals surface area contributed by atoms with Crippen molar-refractivity contribution in [3.63, 3.8) is 0 Å². The number of Topliss-reactive ketones (excluding diaryl/α,β-unsaturated/α-hetero) is 1. The van der Waals surface area contributed by atoms with Gasteiger partial charge in [0.15, 0.2) is 5.78 Å². The molecule has 0 aliphatic carbocycles. The highest BCUT2D eigenvalue weighted by Crippen LogP contribution is 2.39. The monoisotopic (exact) mass is 301 g/mol.